The first-order valence-corrected chi connectivity index (χ1v) is 12.2. The lowest BCUT2D eigenvalue weighted by Gasteiger charge is -2.32. The molecule has 31 heavy (non-hydrogen) atoms. The van der Waals surface area contributed by atoms with Crippen LogP contribution in [-0.4, -0.2) is 39.8 Å². The van der Waals surface area contributed by atoms with Gasteiger partial charge in [-0.2, -0.15) is 0 Å². The zero-order valence-corrected chi connectivity index (χ0v) is 19.5. The van der Waals surface area contributed by atoms with Gasteiger partial charge in [-0.25, -0.2) is 8.42 Å². The summed E-state index contributed by atoms with van der Waals surface area (Å²) in [4.78, 5) is 13.2. The summed E-state index contributed by atoms with van der Waals surface area (Å²) >= 11 is 0. The highest BCUT2D eigenvalue weighted by Crippen LogP contribution is 2.33. The van der Waals surface area contributed by atoms with Crippen LogP contribution in [0.4, 0.5) is 5.69 Å². The average molecular weight is 447 g/mol. The number of carbonyl (C=O) groups excluding carboxylic acids is 1. The molecule has 2 atom stereocenters. The number of benzene rings is 2. The van der Waals surface area contributed by atoms with Crippen LogP contribution < -0.4 is 19.1 Å². The summed E-state index contributed by atoms with van der Waals surface area (Å²) in [6, 6.07) is 9.93. The van der Waals surface area contributed by atoms with Crippen molar-refractivity contribution in [1.82, 2.24) is 5.32 Å². The van der Waals surface area contributed by atoms with Gasteiger partial charge in [0.2, 0.25) is 15.9 Å². The van der Waals surface area contributed by atoms with E-state index in [0.29, 0.717) is 36.8 Å². The Kier molecular flexibility index (Phi) is 6.79. The SMILES string of the molecule is CC[C@@H](C(=O)N[C@@H](C)c1ccc2c(c1)OCCO2)N(c1cc(C)ccc1C)S(C)(=O)=O. The molecule has 2 aromatic carbocycles. The van der Waals surface area contributed by atoms with Crippen LogP contribution in [0.5, 0.6) is 11.5 Å². The Balaban J connectivity index is 1.87. The third-order valence-electron chi connectivity index (χ3n) is 5.36. The number of ether oxygens (including phenoxy) is 2. The minimum Gasteiger partial charge on any atom is -0.486 e. The molecule has 1 aliphatic rings. The van der Waals surface area contributed by atoms with Crippen molar-refractivity contribution in [3.8, 4) is 11.5 Å². The molecule has 8 heteroatoms. The number of sulfonamides is 1. The van der Waals surface area contributed by atoms with Crippen LogP contribution in [0.25, 0.3) is 0 Å². The smallest absolute Gasteiger partial charge is 0.244 e. The van der Waals surface area contributed by atoms with E-state index >= 15 is 0 Å². The van der Waals surface area contributed by atoms with Crippen LogP contribution in [0.15, 0.2) is 36.4 Å². The maximum absolute atomic E-state index is 13.2. The van der Waals surface area contributed by atoms with Crippen molar-refractivity contribution in [3.63, 3.8) is 0 Å². The van der Waals surface area contributed by atoms with E-state index in [-0.39, 0.29) is 11.9 Å². The molecule has 1 N–H and O–H groups in total. The lowest BCUT2D eigenvalue weighted by molar-refractivity contribution is -0.122. The van der Waals surface area contributed by atoms with Crippen LogP contribution in [-0.2, 0) is 14.8 Å². The normalized spacial score (nSPS) is 15.1. The summed E-state index contributed by atoms with van der Waals surface area (Å²) in [5.74, 6) is 0.972. The number of fused-ring (bicyclic) bond motifs is 1. The van der Waals surface area contributed by atoms with Gasteiger partial charge in [0.1, 0.15) is 19.3 Å². The zero-order chi connectivity index (χ0) is 22.8. The second-order valence-corrected chi connectivity index (χ2v) is 9.77. The highest BCUT2D eigenvalue weighted by molar-refractivity contribution is 7.92. The molecule has 0 unspecified atom stereocenters. The molecule has 0 saturated carbocycles. The number of hydrogen-bond donors (Lipinski definition) is 1. The molecule has 0 aliphatic carbocycles. The Morgan fingerprint density at radius 1 is 1.10 bits per heavy atom. The fraction of sp³-hybridized carbons (Fsp3) is 0.435. The van der Waals surface area contributed by atoms with E-state index in [2.05, 4.69) is 5.32 Å². The minimum atomic E-state index is -3.69. The zero-order valence-electron chi connectivity index (χ0n) is 18.6. The van der Waals surface area contributed by atoms with Gasteiger partial charge in [0, 0.05) is 0 Å². The van der Waals surface area contributed by atoms with E-state index in [1.54, 1.807) is 6.07 Å². The fourth-order valence-electron chi connectivity index (χ4n) is 3.71. The Labute approximate surface area is 184 Å². The van der Waals surface area contributed by atoms with Crippen LogP contribution in [0, 0.1) is 13.8 Å². The number of anilines is 1. The summed E-state index contributed by atoms with van der Waals surface area (Å²) in [7, 11) is -3.69. The van der Waals surface area contributed by atoms with Crippen molar-refractivity contribution < 1.29 is 22.7 Å². The van der Waals surface area contributed by atoms with E-state index in [1.807, 2.05) is 58.0 Å². The third-order valence-corrected chi connectivity index (χ3v) is 6.52. The molecule has 3 rings (SSSR count). The number of carbonyl (C=O) groups is 1. The molecule has 168 valence electrons. The molecule has 2 aromatic rings. The van der Waals surface area contributed by atoms with E-state index in [1.165, 1.54) is 4.31 Å². The predicted molar refractivity (Wildman–Crippen MR) is 121 cm³/mol. The lowest BCUT2D eigenvalue weighted by Crippen LogP contribution is -2.50. The first kappa shape index (κ1) is 22.9. The average Bonchev–Trinajstić information content (AvgIpc) is 2.72. The van der Waals surface area contributed by atoms with E-state index in [9.17, 15) is 13.2 Å². The molecule has 0 spiro atoms. The van der Waals surface area contributed by atoms with Crippen molar-refractivity contribution in [2.45, 2.75) is 46.2 Å². The quantitative estimate of drug-likeness (QED) is 0.704. The standard InChI is InChI=1S/C23H30N2O5S/c1-6-19(25(31(5,27)28)20-13-15(2)7-8-16(20)3)23(26)24-17(4)18-9-10-21-22(14-18)30-12-11-29-21/h7-10,13-14,17,19H,6,11-12H2,1-5H3,(H,24,26)/t17-,19-/m0/s1. The molecule has 1 aliphatic heterocycles. The summed E-state index contributed by atoms with van der Waals surface area (Å²) in [5.41, 5.74) is 3.10. The van der Waals surface area contributed by atoms with Gasteiger partial charge in [0.25, 0.3) is 0 Å². The molecule has 0 bridgehead atoms. The molecule has 7 nitrogen and oxygen atoms in total. The van der Waals surface area contributed by atoms with Crippen LogP contribution >= 0.6 is 0 Å². The van der Waals surface area contributed by atoms with Crippen LogP contribution in [0.3, 0.4) is 0 Å². The van der Waals surface area contributed by atoms with Gasteiger partial charge in [0.05, 0.1) is 18.0 Å². The molecule has 0 fully saturated rings. The number of amides is 1. The highest BCUT2D eigenvalue weighted by Gasteiger charge is 2.33. The number of aryl methyl sites for hydroxylation is 2. The lowest BCUT2D eigenvalue weighted by atomic mass is 10.1. The maximum Gasteiger partial charge on any atom is 0.244 e. The van der Waals surface area contributed by atoms with Gasteiger partial charge in [-0.3, -0.25) is 9.10 Å². The first-order chi connectivity index (χ1) is 14.6. The second-order valence-electron chi connectivity index (χ2n) is 7.91. The predicted octanol–water partition coefficient (Wildman–Crippen LogP) is 3.50. The minimum absolute atomic E-state index is 0.333. The molecule has 1 amide bonds. The largest absolute Gasteiger partial charge is 0.486 e. The molecule has 0 radical (unpaired) electrons. The van der Waals surface area contributed by atoms with E-state index in [4.69, 9.17) is 9.47 Å². The summed E-state index contributed by atoms with van der Waals surface area (Å²) in [6.45, 7) is 8.40. The molecule has 0 aromatic heterocycles. The summed E-state index contributed by atoms with van der Waals surface area (Å²) in [5, 5.41) is 2.97. The number of rotatable bonds is 7. The Morgan fingerprint density at radius 2 is 1.77 bits per heavy atom. The van der Waals surface area contributed by atoms with Crippen molar-refractivity contribution in [1.29, 1.82) is 0 Å². The Bertz CT molecular complexity index is 1070. The monoisotopic (exact) mass is 446 g/mol. The van der Waals surface area contributed by atoms with Gasteiger partial charge >= 0.3 is 0 Å². The van der Waals surface area contributed by atoms with Gasteiger partial charge in [0.15, 0.2) is 11.5 Å². The van der Waals surface area contributed by atoms with Gasteiger partial charge in [-0.05, 0) is 62.1 Å². The molecular formula is C23H30N2O5S. The number of nitrogens with zero attached hydrogens (tertiary/aromatic N) is 1. The third kappa shape index (κ3) is 5.12. The van der Waals surface area contributed by atoms with Crippen molar-refractivity contribution in [2.75, 3.05) is 23.8 Å². The van der Waals surface area contributed by atoms with Crippen LogP contribution in [0.2, 0.25) is 0 Å². The van der Waals surface area contributed by atoms with Gasteiger partial charge in [-0.1, -0.05) is 25.1 Å². The second kappa shape index (κ2) is 9.18. The van der Waals surface area contributed by atoms with Crippen molar-refractivity contribution in [2.24, 2.45) is 0 Å². The van der Waals surface area contributed by atoms with Crippen LogP contribution in [0.1, 0.15) is 43.0 Å². The number of hydrogen-bond acceptors (Lipinski definition) is 5. The Morgan fingerprint density at radius 3 is 2.42 bits per heavy atom. The topological polar surface area (TPSA) is 84.9 Å². The summed E-state index contributed by atoms with van der Waals surface area (Å²) in [6.07, 6.45) is 1.47. The van der Waals surface area contributed by atoms with E-state index < -0.39 is 16.1 Å². The molecule has 0 saturated heterocycles. The van der Waals surface area contributed by atoms with Crippen molar-refractivity contribution >= 4 is 21.6 Å². The Hall–Kier alpha value is -2.74. The van der Waals surface area contributed by atoms with Gasteiger partial charge in [-0.15, -0.1) is 0 Å². The maximum atomic E-state index is 13.2. The fourth-order valence-corrected chi connectivity index (χ4v) is 4.98. The van der Waals surface area contributed by atoms with Crippen molar-refractivity contribution in [3.05, 3.63) is 53.1 Å². The summed E-state index contributed by atoms with van der Waals surface area (Å²) < 4.78 is 37.9. The molecule has 1 heterocycles. The first-order valence-electron chi connectivity index (χ1n) is 10.4. The van der Waals surface area contributed by atoms with E-state index in [0.717, 1.165) is 22.9 Å². The number of nitrogens with one attached hydrogen (secondary N) is 1. The van der Waals surface area contributed by atoms with Gasteiger partial charge < -0.3 is 14.8 Å². The molecular weight excluding hydrogens is 416 g/mol. The highest BCUT2D eigenvalue weighted by atomic mass is 32.2.